The van der Waals surface area contributed by atoms with Crippen LogP contribution in [0.4, 0.5) is 0 Å². The lowest BCUT2D eigenvalue weighted by molar-refractivity contribution is -0.107. The van der Waals surface area contributed by atoms with Gasteiger partial charge in [0.15, 0.2) is 0 Å². The molecule has 1 aromatic carbocycles. The fourth-order valence-electron chi connectivity index (χ4n) is 1.49. The summed E-state index contributed by atoms with van der Waals surface area (Å²) >= 11 is 0. The minimum atomic E-state index is -0.455. The summed E-state index contributed by atoms with van der Waals surface area (Å²) in [4.78, 5) is 32.6. The number of carbonyl (C=O) groups excluding carboxylic acids is 3. The molecule has 0 amide bonds. The summed E-state index contributed by atoms with van der Waals surface area (Å²) in [6, 6.07) is 4.79. The van der Waals surface area contributed by atoms with Crippen molar-refractivity contribution in [1.82, 2.24) is 0 Å². The highest BCUT2D eigenvalue weighted by Gasteiger charge is 2.09. The van der Waals surface area contributed by atoms with Gasteiger partial charge < -0.3 is 9.53 Å². The average Bonchev–Trinajstić information content (AvgIpc) is 2.36. The molecule has 0 aromatic heterocycles. The molecule has 0 saturated carbocycles. The molecule has 0 bridgehead atoms. The number of aldehydes is 2. The Morgan fingerprint density at radius 2 is 2.06 bits per heavy atom. The first kappa shape index (κ1) is 13.1. The van der Waals surface area contributed by atoms with Gasteiger partial charge in [-0.2, -0.15) is 0 Å². The predicted molar refractivity (Wildman–Crippen MR) is 62.2 cm³/mol. The van der Waals surface area contributed by atoms with Gasteiger partial charge in [-0.25, -0.2) is 4.79 Å². The lowest BCUT2D eigenvalue weighted by Gasteiger charge is -2.05. The SMILES string of the molecule is CCOC(=O)c1cc(C=O)cc(CCC=O)c1. The Labute approximate surface area is 99.6 Å². The number of benzene rings is 1. The molecule has 1 aromatic rings. The second-order valence-electron chi connectivity index (χ2n) is 3.51. The van der Waals surface area contributed by atoms with Gasteiger partial charge in [0.2, 0.25) is 0 Å². The number of hydrogen-bond acceptors (Lipinski definition) is 4. The van der Waals surface area contributed by atoms with Gasteiger partial charge in [0.25, 0.3) is 0 Å². The standard InChI is InChI=1S/C13H14O4/c1-2-17-13(16)12-7-10(4-3-5-14)6-11(8-12)9-15/h5-9H,2-4H2,1H3. The summed E-state index contributed by atoms with van der Waals surface area (Å²) in [5.74, 6) is -0.455. The summed E-state index contributed by atoms with van der Waals surface area (Å²) in [6.45, 7) is 2.00. The van der Waals surface area contributed by atoms with Gasteiger partial charge in [-0.3, -0.25) is 4.79 Å². The maximum atomic E-state index is 11.5. The Morgan fingerprint density at radius 1 is 1.29 bits per heavy atom. The smallest absolute Gasteiger partial charge is 0.338 e. The number of esters is 1. The fraction of sp³-hybridized carbons (Fsp3) is 0.308. The van der Waals surface area contributed by atoms with E-state index in [4.69, 9.17) is 4.74 Å². The second-order valence-corrected chi connectivity index (χ2v) is 3.51. The van der Waals surface area contributed by atoms with Crippen molar-refractivity contribution in [2.45, 2.75) is 19.8 Å². The molecule has 0 atom stereocenters. The first-order valence-electron chi connectivity index (χ1n) is 5.41. The van der Waals surface area contributed by atoms with Crippen molar-refractivity contribution < 1.29 is 19.1 Å². The maximum absolute atomic E-state index is 11.5. The second kappa shape index (κ2) is 6.58. The van der Waals surface area contributed by atoms with E-state index in [0.717, 1.165) is 11.8 Å². The van der Waals surface area contributed by atoms with Crippen LogP contribution in [0.5, 0.6) is 0 Å². The average molecular weight is 234 g/mol. The zero-order valence-electron chi connectivity index (χ0n) is 9.64. The third-order valence-corrected chi connectivity index (χ3v) is 2.21. The van der Waals surface area contributed by atoms with Crippen molar-refractivity contribution in [3.05, 3.63) is 34.9 Å². The van der Waals surface area contributed by atoms with Crippen molar-refractivity contribution in [2.75, 3.05) is 6.61 Å². The Hall–Kier alpha value is -1.97. The molecule has 90 valence electrons. The monoisotopic (exact) mass is 234 g/mol. The molecule has 1 rings (SSSR count). The van der Waals surface area contributed by atoms with Crippen LogP contribution in [-0.4, -0.2) is 25.1 Å². The zero-order chi connectivity index (χ0) is 12.7. The van der Waals surface area contributed by atoms with E-state index < -0.39 is 5.97 Å². The Morgan fingerprint density at radius 3 is 2.65 bits per heavy atom. The topological polar surface area (TPSA) is 60.4 Å². The minimum absolute atomic E-state index is 0.286. The summed E-state index contributed by atoms with van der Waals surface area (Å²) in [5, 5.41) is 0. The highest BCUT2D eigenvalue weighted by molar-refractivity contribution is 5.92. The molecule has 17 heavy (non-hydrogen) atoms. The van der Waals surface area contributed by atoms with Crippen LogP contribution in [0.3, 0.4) is 0 Å². The number of carbonyl (C=O) groups is 3. The van der Waals surface area contributed by atoms with Gasteiger partial charge in [-0.15, -0.1) is 0 Å². The molecule has 0 spiro atoms. The van der Waals surface area contributed by atoms with Crippen molar-refractivity contribution in [1.29, 1.82) is 0 Å². The molecule has 0 aliphatic rings. The van der Waals surface area contributed by atoms with Crippen LogP contribution in [0.15, 0.2) is 18.2 Å². The van der Waals surface area contributed by atoms with Crippen molar-refractivity contribution in [2.24, 2.45) is 0 Å². The molecule has 0 heterocycles. The molecular formula is C13H14O4. The van der Waals surface area contributed by atoms with Crippen molar-refractivity contribution in [3.63, 3.8) is 0 Å². The van der Waals surface area contributed by atoms with Gasteiger partial charge in [-0.1, -0.05) is 0 Å². The van der Waals surface area contributed by atoms with E-state index >= 15 is 0 Å². The minimum Gasteiger partial charge on any atom is -0.462 e. The highest BCUT2D eigenvalue weighted by atomic mass is 16.5. The fourth-order valence-corrected chi connectivity index (χ4v) is 1.49. The summed E-state index contributed by atoms with van der Waals surface area (Å²) in [6.07, 6.45) is 2.35. The van der Waals surface area contributed by atoms with Gasteiger partial charge >= 0.3 is 5.97 Å². The molecule has 0 unspecified atom stereocenters. The molecule has 0 radical (unpaired) electrons. The van der Waals surface area contributed by atoms with E-state index in [-0.39, 0.29) is 6.61 Å². The maximum Gasteiger partial charge on any atom is 0.338 e. The third-order valence-electron chi connectivity index (χ3n) is 2.21. The number of hydrogen-bond donors (Lipinski definition) is 0. The van der Waals surface area contributed by atoms with E-state index in [1.807, 2.05) is 0 Å². The van der Waals surface area contributed by atoms with Gasteiger partial charge in [0, 0.05) is 12.0 Å². The molecule has 4 nitrogen and oxygen atoms in total. The number of rotatable bonds is 6. The summed E-state index contributed by atoms with van der Waals surface area (Å²) in [7, 11) is 0. The van der Waals surface area contributed by atoms with E-state index in [9.17, 15) is 14.4 Å². The molecule has 4 heteroatoms. The van der Waals surface area contributed by atoms with Crippen LogP contribution in [-0.2, 0) is 16.0 Å². The van der Waals surface area contributed by atoms with Gasteiger partial charge in [0.05, 0.1) is 12.2 Å². The van der Waals surface area contributed by atoms with Crippen LogP contribution in [0, 0.1) is 0 Å². The predicted octanol–water partition coefficient (Wildman–Crippen LogP) is 1.81. The Kier molecular flexibility index (Phi) is 5.07. The normalized spacial score (nSPS) is 9.71. The highest BCUT2D eigenvalue weighted by Crippen LogP contribution is 2.12. The third kappa shape index (κ3) is 3.83. The first-order chi connectivity index (χ1) is 8.21. The molecule has 0 N–H and O–H groups in total. The van der Waals surface area contributed by atoms with E-state index in [0.29, 0.717) is 30.3 Å². The Bertz CT molecular complexity index is 423. The van der Waals surface area contributed by atoms with Crippen LogP contribution in [0.25, 0.3) is 0 Å². The van der Waals surface area contributed by atoms with Crippen LogP contribution < -0.4 is 0 Å². The van der Waals surface area contributed by atoms with Crippen LogP contribution in [0.1, 0.15) is 39.6 Å². The van der Waals surface area contributed by atoms with Gasteiger partial charge in [0.1, 0.15) is 12.6 Å². The largest absolute Gasteiger partial charge is 0.462 e. The molecule has 0 fully saturated rings. The molecule has 0 aliphatic heterocycles. The molecular weight excluding hydrogens is 220 g/mol. The number of aryl methyl sites for hydroxylation is 1. The first-order valence-corrected chi connectivity index (χ1v) is 5.41. The van der Waals surface area contributed by atoms with Crippen molar-refractivity contribution in [3.8, 4) is 0 Å². The van der Waals surface area contributed by atoms with E-state index in [2.05, 4.69) is 0 Å². The molecule has 0 saturated heterocycles. The van der Waals surface area contributed by atoms with Crippen LogP contribution >= 0.6 is 0 Å². The summed E-state index contributed by atoms with van der Waals surface area (Å²) < 4.78 is 4.86. The number of ether oxygens (including phenoxy) is 1. The van der Waals surface area contributed by atoms with Crippen molar-refractivity contribution >= 4 is 18.5 Å². The lowest BCUT2D eigenvalue weighted by Crippen LogP contribution is -2.06. The lowest BCUT2D eigenvalue weighted by atomic mass is 10.0. The van der Waals surface area contributed by atoms with E-state index in [1.165, 1.54) is 6.07 Å². The summed E-state index contributed by atoms with van der Waals surface area (Å²) in [5.41, 5.74) is 1.54. The zero-order valence-corrected chi connectivity index (χ0v) is 9.64. The van der Waals surface area contributed by atoms with Gasteiger partial charge in [-0.05, 0) is 37.1 Å². The quantitative estimate of drug-likeness (QED) is 0.556. The molecule has 0 aliphatic carbocycles. The van der Waals surface area contributed by atoms with E-state index in [1.54, 1.807) is 19.1 Å². The van der Waals surface area contributed by atoms with Crippen LogP contribution in [0.2, 0.25) is 0 Å². The Balaban J connectivity index is 2.99.